The molecular formula is C16H13FOS. The van der Waals surface area contributed by atoms with E-state index in [1.165, 1.54) is 18.4 Å². The van der Waals surface area contributed by atoms with E-state index in [2.05, 4.69) is 0 Å². The summed E-state index contributed by atoms with van der Waals surface area (Å²) < 4.78 is 20.1. The SMILES string of the molecule is COc1c(C)cc2cc(-c3ccccc3)sc2c1F. The van der Waals surface area contributed by atoms with Crippen LogP contribution in [0.1, 0.15) is 5.56 Å². The maximum Gasteiger partial charge on any atom is 0.183 e. The van der Waals surface area contributed by atoms with Crippen LogP contribution in [0.25, 0.3) is 20.5 Å². The molecule has 0 atom stereocenters. The fraction of sp³-hybridized carbons (Fsp3) is 0.125. The Bertz CT molecular complexity index is 731. The number of thiophene rings is 1. The molecule has 96 valence electrons. The normalized spacial score (nSPS) is 10.9. The molecule has 0 saturated carbocycles. The monoisotopic (exact) mass is 272 g/mol. The number of ether oxygens (including phenoxy) is 1. The molecule has 3 heteroatoms. The fourth-order valence-electron chi connectivity index (χ4n) is 2.25. The summed E-state index contributed by atoms with van der Waals surface area (Å²) in [7, 11) is 1.50. The average molecular weight is 272 g/mol. The van der Waals surface area contributed by atoms with Crippen molar-refractivity contribution < 1.29 is 9.13 Å². The third-order valence-corrected chi connectivity index (χ3v) is 4.34. The molecule has 2 aromatic carbocycles. The predicted molar refractivity (Wildman–Crippen MR) is 78.5 cm³/mol. The third kappa shape index (κ3) is 2.00. The molecule has 0 aliphatic heterocycles. The van der Waals surface area contributed by atoms with Crippen LogP contribution in [0.4, 0.5) is 4.39 Å². The van der Waals surface area contributed by atoms with Crippen LogP contribution in [0.2, 0.25) is 0 Å². The second-order valence-corrected chi connectivity index (χ2v) is 5.49. The zero-order valence-corrected chi connectivity index (χ0v) is 11.6. The molecule has 0 N–H and O–H groups in total. The lowest BCUT2D eigenvalue weighted by Gasteiger charge is -2.05. The summed E-state index contributed by atoms with van der Waals surface area (Å²) in [5, 5.41) is 0.930. The Labute approximate surface area is 115 Å². The highest BCUT2D eigenvalue weighted by Crippen LogP contribution is 2.39. The van der Waals surface area contributed by atoms with Crippen molar-refractivity contribution in [1.82, 2.24) is 0 Å². The minimum atomic E-state index is -0.260. The number of hydrogen-bond donors (Lipinski definition) is 0. The van der Waals surface area contributed by atoms with E-state index in [0.717, 1.165) is 21.4 Å². The van der Waals surface area contributed by atoms with Gasteiger partial charge in [0, 0.05) is 4.88 Å². The highest BCUT2D eigenvalue weighted by molar-refractivity contribution is 7.22. The van der Waals surface area contributed by atoms with Gasteiger partial charge in [0.15, 0.2) is 11.6 Å². The molecule has 0 spiro atoms. The summed E-state index contributed by atoms with van der Waals surface area (Å²) in [5.74, 6) is 0.0821. The zero-order valence-electron chi connectivity index (χ0n) is 10.7. The maximum atomic E-state index is 14.3. The Morgan fingerprint density at radius 3 is 2.53 bits per heavy atom. The minimum absolute atomic E-state index is 0.260. The standard InChI is InChI=1S/C16H13FOS/c1-10-8-12-9-13(11-6-4-3-5-7-11)19-16(12)14(17)15(10)18-2/h3-9H,1-2H3. The molecule has 0 bridgehead atoms. The van der Waals surface area contributed by atoms with Crippen LogP contribution in [0.5, 0.6) is 5.75 Å². The van der Waals surface area contributed by atoms with Gasteiger partial charge in [0.1, 0.15) is 0 Å². The molecule has 0 unspecified atom stereocenters. The smallest absolute Gasteiger partial charge is 0.183 e. The first kappa shape index (κ1) is 12.2. The van der Waals surface area contributed by atoms with Gasteiger partial charge in [-0.25, -0.2) is 4.39 Å². The van der Waals surface area contributed by atoms with Crippen LogP contribution >= 0.6 is 11.3 Å². The van der Waals surface area contributed by atoms with Gasteiger partial charge in [0.2, 0.25) is 0 Å². The molecule has 1 aromatic heterocycles. The number of halogens is 1. The molecule has 19 heavy (non-hydrogen) atoms. The largest absolute Gasteiger partial charge is 0.493 e. The second kappa shape index (κ2) is 4.67. The summed E-state index contributed by atoms with van der Waals surface area (Å²) in [6, 6.07) is 14.0. The molecule has 0 aliphatic rings. The van der Waals surface area contributed by atoms with Crippen LogP contribution in [-0.2, 0) is 0 Å². The lowest BCUT2D eigenvalue weighted by atomic mass is 10.1. The van der Waals surface area contributed by atoms with Crippen LogP contribution in [-0.4, -0.2) is 7.11 Å². The molecule has 1 heterocycles. The summed E-state index contributed by atoms with van der Waals surface area (Å²) >= 11 is 1.46. The van der Waals surface area contributed by atoms with E-state index < -0.39 is 0 Å². The van der Waals surface area contributed by atoms with Crippen LogP contribution in [0.15, 0.2) is 42.5 Å². The summed E-state index contributed by atoms with van der Waals surface area (Å²) in [4.78, 5) is 1.07. The molecule has 3 rings (SSSR count). The molecule has 0 amide bonds. The number of hydrogen-bond acceptors (Lipinski definition) is 2. The van der Waals surface area contributed by atoms with Crippen molar-refractivity contribution in [3.63, 3.8) is 0 Å². The van der Waals surface area contributed by atoms with Gasteiger partial charge in [0.05, 0.1) is 11.8 Å². The zero-order chi connectivity index (χ0) is 13.4. The second-order valence-electron chi connectivity index (χ2n) is 4.44. The van der Waals surface area contributed by atoms with Crippen molar-refractivity contribution in [2.75, 3.05) is 7.11 Å². The van der Waals surface area contributed by atoms with E-state index in [1.807, 2.05) is 49.4 Å². The van der Waals surface area contributed by atoms with Crippen molar-refractivity contribution in [1.29, 1.82) is 0 Å². The van der Waals surface area contributed by atoms with Crippen molar-refractivity contribution in [2.24, 2.45) is 0 Å². The predicted octanol–water partition coefficient (Wildman–Crippen LogP) is 5.02. The van der Waals surface area contributed by atoms with Crippen molar-refractivity contribution in [2.45, 2.75) is 6.92 Å². The number of methoxy groups -OCH3 is 1. The lowest BCUT2D eigenvalue weighted by Crippen LogP contribution is -1.91. The number of aryl methyl sites for hydroxylation is 1. The Morgan fingerprint density at radius 1 is 1.11 bits per heavy atom. The van der Waals surface area contributed by atoms with Crippen molar-refractivity contribution in [3.05, 3.63) is 53.8 Å². The highest BCUT2D eigenvalue weighted by atomic mass is 32.1. The maximum absolute atomic E-state index is 14.3. The first-order valence-corrected chi connectivity index (χ1v) is 6.84. The van der Waals surface area contributed by atoms with Gasteiger partial charge in [-0.2, -0.15) is 0 Å². The van der Waals surface area contributed by atoms with E-state index in [0.29, 0.717) is 10.4 Å². The molecule has 0 radical (unpaired) electrons. The topological polar surface area (TPSA) is 9.23 Å². The lowest BCUT2D eigenvalue weighted by molar-refractivity contribution is 0.386. The van der Waals surface area contributed by atoms with E-state index in [-0.39, 0.29) is 5.82 Å². The molecule has 0 fully saturated rings. The van der Waals surface area contributed by atoms with Gasteiger partial charge in [-0.1, -0.05) is 30.3 Å². The molecule has 0 aliphatic carbocycles. The molecule has 1 nitrogen and oxygen atoms in total. The van der Waals surface area contributed by atoms with Gasteiger partial charge >= 0.3 is 0 Å². The summed E-state index contributed by atoms with van der Waals surface area (Å²) in [6.45, 7) is 1.86. The van der Waals surface area contributed by atoms with Gasteiger partial charge in [-0.05, 0) is 35.6 Å². The Hall–Kier alpha value is -1.87. The number of rotatable bonds is 2. The van der Waals surface area contributed by atoms with Crippen LogP contribution < -0.4 is 4.74 Å². The Balaban J connectivity index is 2.24. The fourth-order valence-corrected chi connectivity index (χ4v) is 3.33. The van der Waals surface area contributed by atoms with Gasteiger partial charge in [-0.3, -0.25) is 0 Å². The van der Waals surface area contributed by atoms with E-state index in [9.17, 15) is 4.39 Å². The molecule has 3 aromatic rings. The summed E-state index contributed by atoms with van der Waals surface area (Å²) in [5.41, 5.74) is 1.93. The summed E-state index contributed by atoms with van der Waals surface area (Å²) in [6.07, 6.45) is 0. The van der Waals surface area contributed by atoms with Crippen LogP contribution in [0.3, 0.4) is 0 Å². The van der Waals surface area contributed by atoms with Crippen molar-refractivity contribution in [3.8, 4) is 16.2 Å². The average Bonchev–Trinajstić information content (AvgIpc) is 2.84. The quantitative estimate of drug-likeness (QED) is 0.636. The number of benzene rings is 2. The van der Waals surface area contributed by atoms with E-state index in [1.54, 1.807) is 0 Å². The first-order valence-electron chi connectivity index (χ1n) is 6.02. The molecule has 0 saturated heterocycles. The first-order chi connectivity index (χ1) is 9.20. The third-order valence-electron chi connectivity index (χ3n) is 3.15. The molecular weight excluding hydrogens is 259 g/mol. The number of fused-ring (bicyclic) bond motifs is 1. The van der Waals surface area contributed by atoms with Gasteiger partial charge in [0.25, 0.3) is 0 Å². The highest BCUT2D eigenvalue weighted by Gasteiger charge is 2.15. The van der Waals surface area contributed by atoms with Gasteiger partial charge < -0.3 is 4.74 Å². The van der Waals surface area contributed by atoms with E-state index in [4.69, 9.17) is 4.74 Å². The van der Waals surface area contributed by atoms with Crippen LogP contribution in [0, 0.1) is 12.7 Å². The Kier molecular flexibility index (Phi) is 2.99. The van der Waals surface area contributed by atoms with Crippen molar-refractivity contribution >= 4 is 21.4 Å². The minimum Gasteiger partial charge on any atom is -0.493 e. The van der Waals surface area contributed by atoms with E-state index >= 15 is 0 Å². The Morgan fingerprint density at radius 2 is 1.84 bits per heavy atom. The van der Waals surface area contributed by atoms with Gasteiger partial charge in [-0.15, -0.1) is 11.3 Å².